The Morgan fingerprint density at radius 2 is 2.05 bits per heavy atom. The maximum Gasteiger partial charge on any atom is 0.241 e. The molecule has 0 radical (unpaired) electrons. The third-order valence-electron chi connectivity index (χ3n) is 4.04. The first-order valence-electron chi connectivity index (χ1n) is 7.86. The summed E-state index contributed by atoms with van der Waals surface area (Å²) in [7, 11) is 1.99. The van der Waals surface area contributed by atoms with Crippen LogP contribution in [0.5, 0.6) is 0 Å². The molecule has 1 amide bonds. The zero-order valence-electron chi connectivity index (χ0n) is 13.8. The summed E-state index contributed by atoms with van der Waals surface area (Å²) in [6.45, 7) is 7.74. The van der Waals surface area contributed by atoms with Crippen molar-refractivity contribution in [3.8, 4) is 0 Å². The number of hydrogen-bond acceptors (Lipinski definition) is 3. The predicted octanol–water partition coefficient (Wildman–Crippen LogP) is 2.39. The standard InChI is InChI=1S/C17H27N3O.ClH/c1-14(2)20(16-7-5-4-6-8-16)17(21)13-19-10-9-15(12-19)11-18-3;/h4-8,14-15,18H,9-13H2,1-3H3;1H. The minimum atomic E-state index is 0. The highest BCUT2D eigenvalue weighted by molar-refractivity contribution is 5.95. The van der Waals surface area contributed by atoms with Crippen molar-refractivity contribution < 1.29 is 4.79 Å². The molecule has 22 heavy (non-hydrogen) atoms. The molecule has 4 nitrogen and oxygen atoms in total. The normalized spacial score (nSPS) is 18.3. The van der Waals surface area contributed by atoms with Crippen LogP contribution >= 0.6 is 12.4 Å². The number of para-hydroxylation sites is 1. The van der Waals surface area contributed by atoms with Crippen LogP contribution in [0.3, 0.4) is 0 Å². The van der Waals surface area contributed by atoms with Crippen LogP contribution in [0.1, 0.15) is 20.3 Å². The Bertz CT molecular complexity index is 452. The van der Waals surface area contributed by atoms with Gasteiger partial charge in [0.1, 0.15) is 0 Å². The second-order valence-electron chi connectivity index (χ2n) is 6.14. The van der Waals surface area contributed by atoms with E-state index in [0.29, 0.717) is 12.5 Å². The van der Waals surface area contributed by atoms with Crippen LogP contribution in [0, 0.1) is 5.92 Å². The minimum Gasteiger partial charge on any atom is -0.319 e. The molecule has 1 atom stereocenters. The van der Waals surface area contributed by atoms with Crippen molar-refractivity contribution >= 4 is 24.0 Å². The summed E-state index contributed by atoms with van der Waals surface area (Å²) in [6, 6.07) is 10.1. The van der Waals surface area contributed by atoms with E-state index in [-0.39, 0.29) is 24.4 Å². The first kappa shape index (κ1) is 18.9. The van der Waals surface area contributed by atoms with Crippen LogP contribution < -0.4 is 10.2 Å². The second kappa shape index (κ2) is 9.13. The first-order chi connectivity index (χ1) is 10.1. The number of anilines is 1. The van der Waals surface area contributed by atoms with Crippen LogP contribution in [-0.2, 0) is 4.79 Å². The summed E-state index contributed by atoms with van der Waals surface area (Å²) >= 11 is 0. The van der Waals surface area contributed by atoms with Gasteiger partial charge in [0, 0.05) is 18.3 Å². The summed E-state index contributed by atoms with van der Waals surface area (Å²) in [5.74, 6) is 0.869. The second-order valence-corrected chi connectivity index (χ2v) is 6.14. The molecule has 1 unspecified atom stereocenters. The highest BCUT2D eigenvalue weighted by Gasteiger charge is 2.26. The summed E-state index contributed by atoms with van der Waals surface area (Å²) in [4.78, 5) is 16.9. The third kappa shape index (κ3) is 4.97. The number of amides is 1. The van der Waals surface area contributed by atoms with E-state index < -0.39 is 0 Å². The lowest BCUT2D eigenvalue weighted by Gasteiger charge is -2.29. The van der Waals surface area contributed by atoms with Crippen LogP contribution in [0.15, 0.2) is 30.3 Å². The lowest BCUT2D eigenvalue weighted by atomic mass is 10.1. The smallest absolute Gasteiger partial charge is 0.241 e. The van der Waals surface area contributed by atoms with Gasteiger partial charge in [-0.05, 0) is 58.5 Å². The minimum absolute atomic E-state index is 0. The summed E-state index contributed by atoms with van der Waals surface area (Å²) in [6.07, 6.45) is 1.18. The molecule has 2 rings (SSSR count). The Labute approximate surface area is 140 Å². The van der Waals surface area contributed by atoms with Gasteiger partial charge in [-0.15, -0.1) is 12.4 Å². The van der Waals surface area contributed by atoms with Crippen LogP contribution in [0.2, 0.25) is 0 Å². The zero-order valence-corrected chi connectivity index (χ0v) is 14.6. The molecular weight excluding hydrogens is 298 g/mol. The Hall–Kier alpha value is -1.10. The molecule has 1 heterocycles. The molecule has 0 aliphatic carbocycles. The summed E-state index contributed by atoms with van der Waals surface area (Å²) < 4.78 is 0. The Balaban J connectivity index is 0.00000242. The fraction of sp³-hybridized carbons (Fsp3) is 0.588. The number of nitrogens with one attached hydrogen (secondary N) is 1. The first-order valence-corrected chi connectivity index (χ1v) is 7.86. The molecule has 0 aromatic heterocycles. The van der Waals surface area contributed by atoms with E-state index in [2.05, 4.69) is 24.1 Å². The molecule has 0 bridgehead atoms. The maximum atomic E-state index is 12.7. The van der Waals surface area contributed by atoms with Gasteiger partial charge in [0.15, 0.2) is 0 Å². The van der Waals surface area contributed by atoms with Crippen molar-refractivity contribution in [2.75, 3.05) is 38.1 Å². The van der Waals surface area contributed by atoms with Gasteiger partial charge in [-0.2, -0.15) is 0 Å². The van der Waals surface area contributed by atoms with Crippen LogP contribution in [0.4, 0.5) is 5.69 Å². The average molecular weight is 326 g/mol. The Kier molecular flexibility index (Phi) is 7.87. The highest BCUT2D eigenvalue weighted by Crippen LogP contribution is 2.19. The van der Waals surface area contributed by atoms with Crippen LogP contribution in [-0.4, -0.2) is 50.1 Å². The van der Waals surface area contributed by atoms with Gasteiger partial charge < -0.3 is 10.2 Å². The monoisotopic (exact) mass is 325 g/mol. The molecule has 1 aromatic carbocycles. The van der Waals surface area contributed by atoms with Gasteiger partial charge >= 0.3 is 0 Å². The molecule has 124 valence electrons. The molecule has 0 spiro atoms. The molecule has 1 fully saturated rings. The molecule has 1 saturated heterocycles. The lowest BCUT2D eigenvalue weighted by molar-refractivity contribution is -0.119. The van der Waals surface area contributed by atoms with E-state index in [1.807, 2.05) is 42.3 Å². The summed E-state index contributed by atoms with van der Waals surface area (Å²) in [5, 5.41) is 3.23. The van der Waals surface area contributed by atoms with Crippen molar-refractivity contribution in [2.45, 2.75) is 26.3 Å². The molecule has 1 aliphatic heterocycles. The number of likely N-dealkylation sites (tertiary alicyclic amines) is 1. The average Bonchev–Trinajstić information content (AvgIpc) is 2.87. The van der Waals surface area contributed by atoms with E-state index in [1.165, 1.54) is 6.42 Å². The number of nitrogens with zero attached hydrogens (tertiary/aromatic N) is 2. The number of benzene rings is 1. The van der Waals surface area contributed by atoms with Crippen molar-refractivity contribution in [1.29, 1.82) is 0 Å². The largest absolute Gasteiger partial charge is 0.319 e. The molecular formula is C17H28ClN3O. The fourth-order valence-corrected chi connectivity index (χ4v) is 3.10. The van der Waals surface area contributed by atoms with Gasteiger partial charge in [-0.25, -0.2) is 0 Å². The van der Waals surface area contributed by atoms with E-state index in [1.54, 1.807) is 0 Å². The van der Waals surface area contributed by atoms with Crippen molar-refractivity contribution in [1.82, 2.24) is 10.2 Å². The maximum absolute atomic E-state index is 12.7. The lowest BCUT2D eigenvalue weighted by Crippen LogP contribution is -2.43. The van der Waals surface area contributed by atoms with E-state index in [0.717, 1.165) is 25.3 Å². The van der Waals surface area contributed by atoms with E-state index >= 15 is 0 Å². The molecule has 0 saturated carbocycles. The highest BCUT2D eigenvalue weighted by atomic mass is 35.5. The molecule has 1 aliphatic rings. The number of halogens is 1. The van der Waals surface area contributed by atoms with Gasteiger partial charge in [0.2, 0.25) is 5.91 Å². The van der Waals surface area contributed by atoms with Gasteiger partial charge in [-0.3, -0.25) is 9.69 Å². The molecule has 5 heteroatoms. The SMILES string of the molecule is CNCC1CCN(CC(=O)N(c2ccccc2)C(C)C)C1.Cl. The Morgan fingerprint density at radius 3 is 2.64 bits per heavy atom. The van der Waals surface area contributed by atoms with E-state index in [4.69, 9.17) is 0 Å². The van der Waals surface area contributed by atoms with Gasteiger partial charge in [0.05, 0.1) is 6.54 Å². The third-order valence-corrected chi connectivity index (χ3v) is 4.04. The Morgan fingerprint density at radius 1 is 1.36 bits per heavy atom. The number of carbonyl (C=O) groups excluding carboxylic acids is 1. The number of rotatable bonds is 6. The topological polar surface area (TPSA) is 35.6 Å². The predicted molar refractivity (Wildman–Crippen MR) is 94.8 cm³/mol. The number of carbonyl (C=O) groups is 1. The molecule has 1 aromatic rings. The zero-order chi connectivity index (χ0) is 15.2. The molecule has 1 N–H and O–H groups in total. The van der Waals surface area contributed by atoms with Crippen molar-refractivity contribution in [3.05, 3.63) is 30.3 Å². The van der Waals surface area contributed by atoms with E-state index in [9.17, 15) is 4.79 Å². The van der Waals surface area contributed by atoms with Gasteiger partial charge in [0.25, 0.3) is 0 Å². The van der Waals surface area contributed by atoms with Gasteiger partial charge in [-0.1, -0.05) is 18.2 Å². The number of hydrogen-bond donors (Lipinski definition) is 1. The fourth-order valence-electron chi connectivity index (χ4n) is 3.10. The van der Waals surface area contributed by atoms with Crippen LogP contribution in [0.25, 0.3) is 0 Å². The van der Waals surface area contributed by atoms with Crippen molar-refractivity contribution in [2.24, 2.45) is 5.92 Å². The van der Waals surface area contributed by atoms with Crippen molar-refractivity contribution in [3.63, 3.8) is 0 Å². The quantitative estimate of drug-likeness (QED) is 0.872. The summed E-state index contributed by atoms with van der Waals surface area (Å²) in [5.41, 5.74) is 0.989.